The van der Waals surface area contributed by atoms with E-state index in [1.807, 2.05) is 36.4 Å². The largest absolute Gasteiger partial charge is 0.299 e. The smallest absolute Gasteiger partial charge is 0.137 e. The highest BCUT2D eigenvalue weighted by molar-refractivity contribution is 5.68. The SMILES string of the molecule is Cc1cccc2nc(-c3ccc(F)cc3)c(C(C)C#N)n12. The van der Waals surface area contributed by atoms with Crippen LogP contribution in [0.15, 0.2) is 42.5 Å². The Morgan fingerprint density at radius 2 is 1.90 bits per heavy atom. The quantitative estimate of drug-likeness (QED) is 0.709. The van der Waals surface area contributed by atoms with E-state index in [1.165, 1.54) is 12.1 Å². The number of rotatable bonds is 2. The van der Waals surface area contributed by atoms with Crippen molar-refractivity contribution in [1.82, 2.24) is 9.38 Å². The van der Waals surface area contributed by atoms with Crippen LogP contribution in [-0.4, -0.2) is 9.38 Å². The van der Waals surface area contributed by atoms with Crippen LogP contribution in [0.2, 0.25) is 0 Å². The fraction of sp³-hybridized carbons (Fsp3) is 0.176. The average molecular weight is 279 g/mol. The normalized spacial score (nSPS) is 12.3. The molecular formula is C17H14FN3. The molecule has 3 aromatic rings. The number of hydrogen-bond acceptors (Lipinski definition) is 2. The number of fused-ring (bicyclic) bond motifs is 1. The van der Waals surface area contributed by atoms with Crippen molar-refractivity contribution in [1.29, 1.82) is 5.26 Å². The van der Waals surface area contributed by atoms with E-state index in [4.69, 9.17) is 0 Å². The third kappa shape index (κ3) is 2.17. The van der Waals surface area contributed by atoms with Crippen molar-refractivity contribution < 1.29 is 4.39 Å². The van der Waals surface area contributed by atoms with Gasteiger partial charge in [-0.1, -0.05) is 6.07 Å². The van der Waals surface area contributed by atoms with E-state index in [0.29, 0.717) is 0 Å². The van der Waals surface area contributed by atoms with Crippen molar-refractivity contribution >= 4 is 5.65 Å². The van der Waals surface area contributed by atoms with Gasteiger partial charge in [0.05, 0.1) is 23.4 Å². The lowest BCUT2D eigenvalue weighted by Crippen LogP contribution is -2.01. The molecule has 0 aliphatic carbocycles. The van der Waals surface area contributed by atoms with Gasteiger partial charge in [0.1, 0.15) is 11.5 Å². The highest BCUT2D eigenvalue weighted by Gasteiger charge is 2.20. The Morgan fingerprint density at radius 3 is 2.57 bits per heavy atom. The maximum absolute atomic E-state index is 13.1. The van der Waals surface area contributed by atoms with Gasteiger partial charge in [0.25, 0.3) is 0 Å². The monoisotopic (exact) mass is 279 g/mol. The first-order valence-electron chi connectivity index (χ1n) is 6.75. The Morgan fingerprint density at radius 1 is 1.19 bits per heavy atom. The summed E-state index contributed by atoms with van der Waals surface area (Å²) in [5.41, 5.74) is 4.21. The van der Waals surface area contributed by atoms with Gasteiger partial charge in [0.15, 0.2) is 0 Å². The van der Waals surface area contributed by atoms with Crippen molar-refractivity contribution in [2.75, 3.05) is 0 Å². The Bertz CT molecular complexity index is 841. The lowest BCUT2D eigenvalue weighted by Gasteiger charge is -2.09. The zero-order valence-electron chi connectivity index (χ0n) is 11.8. The van der Waals surface area contributed by atoms with Crippen LogP contribution in [-0.2, 0) is 0 Å². The summed E-state index contributed by atoms with van der Waals surface area (Å²) >= 11 is 0. The summed E-state index contributed by atoms with van der Waals surface area (Å²) in [6.45, 7) is 3.83. The minimum Gasteiger partial charge on any atom is -0.299 e. The molecule has 0 saturated heterocycles. The Hall–Kier alpha value is -2.67. The fourth-order valence-electron chi connectivity index (χ4n) is 2.56. The molecule has 2 aromatic heterocycles. The van der Waals surface area contributed by atoms with Crippen molar-refractivity contribution in [2.24, 2.45) is 0 Å². The molecule has 4 heteroatoms. The molecule has 21 heavy (non-hydrogen) atoms. The molecule has 0 aliphatic heterocycles. The predicted molar refractivity (Wildman–Crippen MR) is 79.4 cm³/mol. The van der Waals surface area contributed by atoms with Crippen LogP contribution in [0, 0.1) is 24.1 Å². The van der Waals surface area contributed by atoms with Crippen molar-refractivity contribution in [3.05, 3.63) is 59.7 Å². The maximum atomic E-state index is 13.1. The molecule has 1 atom stereocenters. The van der Waals surface area contributed by atoms with Gasteiger partial charge in [-0.25, -0.2) is 9.37 Å². The minimum atomic E-state index is -0.304. The van der Waals surface area contributed by atoms with Crippen molar-refractivity contribution in [2.45, 2.75) is 19.8 Å². The van der Waals surface area contributed by atoms with Crippen LogP contribution in [0.4, 0.5) is 4.39 Å². The molecule has 0 saturated carbocycles. The van der Waals surface area contributed by atoms with E-state index in [2.05, 4.69) is 11.1 Å². The number of aryl methyl sites for hydroxylation is 1. The third-order valence-corrected chi connectivity index (χ3v) is 3.60. The molecule has 0 bridgehead atoms. The van der Waals surface area contributed by atoms with E-state index >= 15 is 0 Å². The molecular weight excluding hydrogens is 265 g/mol. The van der Waals surface area contributed by atoms with E-state index in [0.717, 1.165) is 28.3 Å². The second-order valence-corrected chi connectivity index (χ2v) is 5.06. The van der Waals surface area contributed by atoms with Gasteiger partial charge < -0.3 is 0 Å². The van der Waals surface area contributed by atoms with Crippen LogP contribution in [0.3, 0.4) is 0 Å². The van der Waals surface area contributed by atoms with E-state index in [-0.39, 0.29) is 11.7 Å². The van der Waals surface area contributed by atoms with Crippen LogP contribution in [0.25, 0.3) is 16.9 Å². The standard InChI is InChI=1S/C17H14FN3/c1-11(10-19)17-16(13-6-8-14(18)9-7-13)20-15-5-3-4-12(2)21(15)17/h3-9,11H,1-2H3. The van der Waals surface area contributed by atoms with E-state index in [1.54, 1.807) is 12.1 Å². The van der Waals surface area contributed by atoms with E-state index < -0.39 is 0 Å². The predicted octanol–water partition coefficient (Wildman–Crippen LogP) is 4.08. The van der Waals surface area contributed by atoms with E-state index in [9.17, 15) is 9.65 Å². The maximum Gasteiger partial charge on any atom is 0.137 e. The molecule has 1 aromatic carbocycles. The van der Waals surface area contributed by atoms with Gasteiger partial charge in [-0.3, -0.25) is 4.40 Å². The second kappa shape index (κ2) is 5.02. The minimum absolute atomic E-state index is 0.284. The highest BCUT2D eigenvalue weighted by atomic mass is 19.1. The Kier molecular flexibility index (Phi) is 3.19. The molecule has 1 unspecified atom stereocenters. The number of halogens is 1. The van der Waals surface area contributed by atoms with Crippen LogP contribution in [0.1, 0.15) is 24.2 Å². The zero-order chi connectivity index (χ0) is 15.0. The lowest BCUT2D eigenvalue weighted by molar-refractivity contribution is 0.628. The molecule has 0 fully saturated rings. The summed E-state index contributed by atoms with van der Waals surface area (Å²) in [6, 6.07) is 14.3. The summed E-state index contributed by atoms with van der Waals surface area (Å²) in [5.74, 6) is -0.588. The van der Waals surface area contributed by atoms with Gasteiger partial charge in [-0.2, -0.15) is 5.26 Å². The first kappa shape index (κ1) is 13.3. The van der Waals surface area contributed by atoms with Crippen molar-refractivity contribution in [3.63, 3.8) is 0 Å². The molecule has 0 amide bonds. The molecule has 3 nitrogen and oxygen atoms in total. The number of nitrogens with zero attached hydrogens (tertiary/aromatic N) is 3. The topological polar surface area (TPSA) is 41.1 Å². The Labute approximate surface area is 122 Å². The molecule has 3 rings (SSSR count). The summed E-state index contributed by atoms with van der Waals surface area (Å²) in [7, 11) is 0. The molecule has 0 spiro atoms. The van der Waals surface area contributed by atoms with Gasteiger partial charge in [-0.15, -0.1) is 0 Å². The van der Waals surface area contributed by atoms with Gasteiger partial charge >= 0.3 is 0 Å². The summed E-state index contributed by atoms with van der Waals surface area (Å²) in [6.07, 6.45) is 0. The van der Waals surface area contributed by atoms with Gasteiger partial charge in [0, 0.05) is 11.3 Å². The van der Waals surface area contributed by atoms with Crippen molar-refractivity contribution in [3.8, 4) is 17.3 Å². The van der Waals surface area contributed by atoms with Gasteiger partial charge in [0.2, 0.25) is 0 Å². The third-order valence-electron chi connectivity index (χ3n) is 3.60. The molecule has 0 radical (unpaired) electrons. The fourth-order valence-corrected chi connectivity index (χ4v) is 2.56. The zero-order valence-corrected chi connectivity index (χ0v) is 11.8. The summed E-state index contributed by atoms with van der Waals surface area (Å²) < 4.78 is 15.1. The first-order valence-corrected chi connectivity index (χ1v) is 6.75. The van der Waals surface area contributed by atoms with Crippen LogP contribution >= 0.6 is 0 Å². The molecule has 2 heterocycles. The summed E-state index contributed by atoms with van der Waals surface area (Å²) in [5, 5.41) is 9.32. The Balaban J connectivity index is 2.34. The molecule has 0 N–H and O–H groups in total. The first-order chi connectivity index (χ1) is 10.1. The van der Waals surface area contributed by atoms with Crippen LogP contribution in [0.5, 0.6) is 0 Å². The number of nitriles is 1. The number of aromatic nitrogens is 2. The number of pyridine rings is 1. The second-order valence-electron chi connectivity index (χ2n) is 5.06. The average Bonchev–Trinajstić information content (AvgIpc) is 2.88. The number of hydrogen-bond donors (Lipinski definition) is 0. The van der Waals surface area contributed by atoms with Crippen LogP contribution < -0.4 is 0 Å². The number of imidazole rings is 1. The highest BCUT2D eigenvalue weighted by Crippen LogP contribution is 2.30. The molecule has 104 valence electrons. The summed E-state index contributed by atoms with van der Waals surface area (Å²) in [4.78, 5) is 4.63. The van der Waals surface area contributed by atoms with Gasteiger partial charge in [-0.05, 0) is 50.2 Å². The lowest BCUT2D eigenvalue weighted by atomic mass is 10.0. The molecule has 0 aliphatic rings. The number of benzene rings is 1.